The molecule has 1 aliphatic carbocycles. The van der Waals surface area contributed by atoms with Gasteiger partial charge in [-0.05, 0) is 19.3 Å². The van der Waals surface area contributed by atoms with Gasteiger partial charge in [-0.25, -0.2) is 0 Å². The molecule has 0 saturated heterocycles. The second kappa shape index (κ2) is 8.20. The average Bonchev–Trinajstić information content (AvgIpc) is 3.38. The summed E-state index contributed by atoms with van der Waals surface area (Å²) in [6.45, 7) is 3.21. The summed E-state index contributed by atoms with van der Waals surface area (Å²) in [6, 6.07) is 9.73. The Labute approximate surface area is 151 Å². The molecule has 1 fully saturated rings. The van der Waals surface area contributed by atoms with E-state index in [1.807, 2.05) is 42.2 Å². The number of hydrogen-bond donors (Lipinski definition) is 1. The van der Waals surface area contributed by atoms with Crippen LogP contribution in [0, 0.1) is 5.92 Å². The number of aromatic nitrogens is 2. The van der Waals surface area contributed by atoms with Crippen molar-refractivity contribution in [3.8, 4) is 10.6 Å². The predicted molar refractivity (Wildman–Crippen MR) is 98.2 cm³/mol. The lowest BCUT2D eigenvalue weighted by molar-refractivity contribution is -0.133. The van der Waals surface area contributed by atoms with Gasteiger partial charge in [0.1, 0.15) is 5.01 Å². The van der Waals surface area contributed by atoms with Crippen molar-refractivity contribution in [1.82, 2.24) is 15.1 Å². The molecule has 3 rings (SSSR count). The van der Waals surface area contributed by atoms with Gasteiger partial charge in [-0.1, -0.05) is 48.6 Å². The Morgan fingerprint density at radius 3 is 2.64 bits per heavy atom. The Morgan fingerprint density at radius 2 is 1.96 bits per heavy atom. The molecule has 0 aliphatic heterocycles. The van der Waals surface area contributed by atoms with Crippen molar-refractivity contribution in [3.05, 3.63) is 30.3 Å². The average molecular weight is 358 g/mol. The molecule has 1 saturated carbocycles. The Kier molecular flexibility index (Phi) is 5.75. The first kappa shape index (κ1) is 17.5. The minimum absolute atomic E-state index is 0.138. The zero-order valence-electron chi connectivity index (χ0n) is 14.3. The lowest BCUT2D eigenvalue weighted by Gasteiger charge is -2.21. The van der Waals surface area contributed by atoms with Gasteiger partial charge in [0.05, 0.1) is 0 Å². The molecule has 2 amide bonds. The highest BCUT2D eigenvalue weighted by atomic mass is 32.1. The van der Waals surface area contributed by atoms with E-state index >= 15 is 0 Å². The number of benzene rings is 1. The van der Waals surface area contributed by atoms with E-state index in [1.54, 1.807) is 0 Å². The summed E-state index contributed by atoms with van der Waals surface area (Å²) < 4.78 is 0. The van der Waals surface area contributed by atoms with Crippen molar-refractivity contribution in [2.75, 3.05) is 18.4 Å². The number of hydrogen-bond acceptors (Lipinski definition) is 5. The number of nitrogens with zero attached hydrogens (tertiary/aromatic N) is 3. The van der Waals surface area contributed by atoms with Gasteiger partial charge in [0, 0.05) is 31.0 Å². The minimum atomic E-state index is -0.138. The van der Waals surface area contributed by atoms with Gasteiger partial charge in [0.25, 0.3) is 0 Å². The molecule has 1 N–H and O–H groups in total. The molecule has 6 nitrogen and oxygen atoms in total. The van der Waals surface area contributed by atoms with Crippen LogP contribution in [0.5, 0.6) is 0 Å². The Morgan fingerprint density at radius 1 is 1.20 bits per heavy atom. The maximum atomic E-state index is 12.2. The lowest BCUT2D eigenvalue weighted by atomic mass is 10.2. The quantitative estimate of drug-likeness (QED) is 0.786. The number of amides is 2. The van der Waals surface area contributed by atoms with Crippen LogP contribution in [0.4, 0.5) is 5.13 Å². The Hall–Kier alpha value is -2.28. The molecule has 1 aromatic carbocycles. The van der Waals surface area contributed by atoms with Gasteiger partial charge in [-0.2, -0.15) is 0 Å². The maximum Gasteiger partial charge on any atom is 0.227 e. The number of nitrogens with one attached hydrogen (secondary N) is 1. The molecule has 0 radical (unpaired) electrons. The second-order valence-electron chi connectivity index (χ2n) is 6.18. The third kappa shape index (κ3) is 4.85. The minimum Gasteiger partial charge on any atom is -0.342 e. The molecule has 1 heterocycles. The van der Waals surface area contributed by atoms with Gasteiger partial charge in [0.15, 0.2) is 0 Å². The summed E-state index contributed by atoms with van der Waals surface area (Å²) in [5, 5.41) is 12.2. The summed E-state index contributed by atoms with van der Waals surface area (Å²) in [5.41, 5.74) is 0.977. The van der Waals surface area contributed by atoms with Gasteiger partial charge >= 0.3 is 0 Å². The van der Waals surface area contributed by atoms with Gasteiger partial charge in [-0.15, -0.1) is 10.2 Å². The van der Waals surface area contributed by atoms with E-state index in [-0.39, 0.29) is 24.2 Å². The molecule has 7 heteroatoms. The van der Waals surface area contributed by atoms with E-state index in [4.69, 9.17) is 0 Å². The van der Waals surface area contributed by atoms with E-state index in [0.717, 1.165) is 29.8 Å². The fraction of sp³-hybridized carbons (Fsp3) is 0.444. The molecule has 132 valence electrons. The van der Waals surface area contributed by atoms with Crippen LogP contribution in [0.3, 0.4) is 0 Å². The second-order valence-corrected chi connectivity index (χ2v) is 7.15. The Balaban J connectivity index is 1.52. The summed E-state index contributed by atoms with van der Waals surface area (Å²) >= 11 is 1.35. The van der Waals surface area contributed by atoms with Crippen molar-refractivity contribution in [2.45, 2.75) is 32.6 Å². The third-order valence-electron chi connectivity index (χ3n) is 4.03. The monoisotopic (exact) mass is 358 g/mol. The van der Waals surface area contributed by atoms with Crippen LogP contribution < -0.4 is 5.32 Å². The van der Waals surface area contributed by atoms with E-state index in [2.05, 4.69) is 15.5 Å². The van der Waals surface area contributed by atoms with Crippen LogP contribution in [0.2, 0.25) is 0 Å². The smallest absolute Gasteiger partial charge is 0.227 e. The molecule has 1 aromatic heterocycles. The van der Waals surface area contributed by atoms with E-state index in [0.29, 0.717) is 18.2 Å². The standard InChI is InChI=1S/C18H22N4O2S/c1-2-11-22(17(24)14-8-9-14)12-10-15(23)19-18-21-20-16(25-18)13-6-4-3-5-7-13/h3-7,14H,2,8-12H2,1H3,(H,19,21,23). The van der Waals surface area contributed by atoms with Crippen LogP contribution in [-0.2, 0) is 9.59 Å². The number of carbonyl (C=O) groups excluding carboxylic acids is 2. The van der Waals surface area contributed by atoms with Gasteiger partial charge < -0.3 is 10.2 Å². The molecular formula is C18H22N4O2S. The van der Waals surface area contributed by atoms with Gasteiger partial charge in [-0.3, -0.25) is 9.59 Å². The van der Waals surface area contributed by atoms with Crippen LogP contribution in [0.15, 0.2) is 30.3 Å². The van der Waals surface area contributed by atoms with Crippen molar-refractivity contribution >= 4 is 28.3 Å². The maximum absolute atomic E-state index is 12.2. The first-order valence-electron chi connectivity index (χ1n) is 8.65. The van der Waals surface area contributed by atoms with Crippen molar-refractivity contribution < 1.29 is 9.59 Å². The highest BCUT2D eigenvalue weighted by Crippen LogP contribution is 2.31. The van der Waals surface area contributed by atoms with E-state index < -0.39 is 0 Å². The molecule has 0 atom stereocenters. The summed E-state index contributed by atoms with van der Waals surface area (Å²) in [6.07, 6.45) is 3.15. The molecule has 2 aromatic rings. The number of carbonyl (C=O) groups is 2. The van der Waals surface area contributed by atoms with E-state index in [9.17, 15) is 9.59 Å². The molecule has 25 heavy (non-hydrogen) atoms. The highest BCUT2D eigenvalue weighted by molar-refractivity contribution is 7.18. The fourth-order valence-corrected chi connectivity index (χ4v) is 3.35. The fourth-order valence-electron chi connectivity index (χ4n) is 2.58. The predicted octanol–water partition coefficient (Wildman–Crippen LogP) is 3.18. The SMILES string of the molecule is CCCN(CCC(=O)Nc1nnc(-c2ccccc2)s1)C(=O)C1CC1. The summed E-state index contributed by atoms with van der Waals surface area (Å²) in [5.74, 6) is 0.239. The molecular weight excluding hydrogens is 336 g/mol. The molecule has 1 aliphatic rings. The normalized spacial score (nSPS) is 13.5. The number of anilines is 1. The highest BCUT2D eigenvalue weighted by Gasteiger charge is 2.33. The van der Waals surface area contributed by atoms with E-state index in [1.165, 1.54) is 11.3 Å². The van der Waals surface area contributed by atoms with Gasteiger partial charge in [0.2, 0.25) is 16.9 Å². The van der Waals surface area contributed by atoms with Crippen LogP contribution in [0.25, 0.3) is 10.6 Å². The Bertz CT molecular complexity index is 728. The summed E-state index contributed by atoms with van der Waals surface area (Å²) in [7, 11) is 0. The first-order chi connectivity index (χ1) is 12.2. The topological polar surface area (TPSA) is 75.2 Å². The third-order valence-corrected chi connectivity index (χ3v) is 4.92. The van der Waals surface area contributed by atoms with Crippen molar-refractivity contribution in [2.24, 2.45) is 5.92 Å². The van der Waals surface area contributed by atoms with Crippen LogP contribution in [-0.4, -0.2) is 40.0 Å². The molecule has 0 bridgehead atoms. The van der Waals surface area contributed by atoms with Crippen LogP contribution in [0.1, 0.15) is 32.6 Å². The van der Waals surface area contributed by atoms with Crippen molar-refractivity contribution in [1.29, 1.82) is 0 Å². The zero-order valence-corrected chi connectivity index (χ0v) is 15.1. The molecule has 0 spiro atoms. The summed E-state index contributed by atoms with van der Waals surface area (Å²) in [4.78, 5) is 26.2. The number of rotatable bonds is 8. The lowest BCUT2D eigenvalue weighted by Crippen LogP contribution is -2.35. The molecule has 0 unspecified atom stereocenters. The largest absolute Gasteiger partial charge is 0.342 e. The van der Waals surface area contributed by atoms with Crippen LogP contribution >= 0.6 is 11.3 Å². The first-order valence-corrected chi connectivity index (χ1v) is 9.46. The zero-order chi connectivity index (χ0) is 17.6. The van der Waals surface area contributed by atoms with Crippen molar-refractivity contribution in [3.63, 3.8) is 0 Å².